The summed E-state index contributed by atoms with van der Waals surface area (Å²) in [5.74, 6) is -1.35. The number of phosphoric acid groups is 2. The van der Waals surface area contributed by atoms with E-state index in [9.17, 15) is 43.2 Å². The lowest BCUT2D eigenvalue weighted by molar-refractivity contribution is -0.161. The van der Waals surface area contributed by atoms with Crippen molar-refractivity contribution in [3.05, 3.63) is 0 Å². The van der Waals surface area contributed by atoms with Gasteiger partial charge in [-0.3, -0.25) is 37.3 Å². The van der Waals surface area contributed by atoms with Crippen molar-refractivity contribution in [2.45, 2.75) is 515 Å². The SMILES string of the molecule is CCCCCCCCCCCCCCCCCCCCCCCCC(=O)OC[C@H](COP(=O)(O)OC[C@@H](O)COP(=O)(O)OC[C@@H](COC(=O)CCCCCCCCCCCC(C)C)OC(=O)CCCCCCCCCCCCCCCC)OC(=O)CCCCCCCCCCCCCCCCCCCCCCCC. The van der Waals surface area contributed by atoms with Crippen LogP contribution >= 0.6 is 15.6 Å². The zero-order chi connectivity index (χ0) is 80.4. The van der Waals surface area contributed by atoms with Gasteiger partial charge < -0.3 is 33.8 Å². The highest BCUT2D eigenvalue weighted by Gasteiger charge is 2.31. The van der Waals surface area contributed by atoms with E-state index in [1.165, 1.54) is 321 Å². The fraction of sp³-hybridized carbons (Fsp3) is 0.956. The number of esters is 4. The van der Waals surface area contributed by atoms with Crippen LogP contribution in [0.1, 0.15) is 497 Å². The van der Waals surface area contributed by atoms with Gasteiger partial charge in [-0.2, -0.15) is 0 Å². The molecule has 0 bridgehead atoms. The van der Waals surface area contributed by atoms with Crippen LogP contribution in [0.4, 0.5) is 0 Å². The normalized spacial score (nSPS) is 13.7. The topological polar surface area (TPSA) is 237 Å². The van der Waals surface area contributed by atoms with E-state index < -0.39 is 97.5 Å². The molecule has 2 unspecified atom stereocenters. The van der Waals surface area contributed by atoms with Crippen molar-refractivity contribution in [2.75, 3.05) is 39.6 Å². The van der Waals surface area contributed by atoms with Crippen LogP contribution in [-0.4, -0.2) is 96.7 Å². The van der Waals surface area contributed by atoms with Gasteiger partial charge in [0, 0.05) is 25.7 Å². The zero-order valence-electron chi connectivity index (χ0n) is 72.4. The Morgan fingerprint density at radius 3 is 0.618 bits per heavy atom. The average Bonchev–Trinajstić information content (AvgIpc) is 0.899. The van der Waals surface area contributed by atoms with Gasteiger partial charge in [0.25, 0.3) is 0 Å². The van der Waals surface area contributed by atoms with Crippen LogP contribution in [0.15, 0.2) is 0 Å². The maximum absolute atomic E-state index is 13.2. The second-order valence-corrected chi connectivity index (χ2v) is 36.1. The van der Waals surface area contributed by atoms with Crippen molar-refractivity contribution in [2.24, 2.45) is 5.92 Å². The van der Waals surface area contributed by atoms with Gasteiger partial charge in [0.2, 0.25) is 0 Å². The van der Waals surface area contributed by atoms with E-state index in [4.69, 9.17) is 37.0 Å². The third-order valence-corrected chi connectivity index (χ3v) is 23.4. The van der Waals surface area contributed by atoms with Crippen molar-refractivity contribution in [3.8, 4) is 0 Å². The van der Waals surface area contributed by atoms with Gasteiger partial charge in [0.05, 0.1) is 26.4 Å². The van der Waals surface area contributed by atoms with E-state index in [1.54, 1.807) is 0 Å². The molecule has 17 nitrogen and oxygen atoms in total. The van der Waals surface area contributed by atoms with Gasteiger partial charge in [-0.05, 0) is 31.6 Å². The molecule has 0 aromatic heterocycles. The maximum atomic E-state index is 13.2. The summed E-state index contributed by atoms with van der Waals surface area (Å²) in [6, 6.07) is 0. The quantitative estimate of drug-likeness (QED) is 0.0222. The van der Waals surface area contributed by atoms with Crippen LogP contribution < -0.4 is 0 Å². The summed E-state index contributed by atoms with van der Waals surface area (Å²) in [4.78, 5) is 73.4. The molecule has 0 aromatic rings. The smallest absolute Gasteiger partial charge is 0.462 e. The number of ether oxygens (including phenoxy) is 4. The second kappa shape index (κ2) is 83.5. The number of carbonyl (C=O) groups excluding carboxylic acids is 4. The van der Waals surface area contributed by atoms with E-state index in [0.717, 1.165) is 95.8 Å². The standard InChI is InChI=1S/C91H178O17P2/c1-6-9-12-15-18-21-24-27-30-32-34-36-38-40-42-44-47-49-54-59-64-69-74-88(93)101-80-86(107-91(96)77-72-67-62-56-51-48-45-43-41-39-37-35-33-31-28-25-22-19-16-13-10-7-2)82-105-109(97,98)103-78-85(92)79-104-110(99,100)106-83-87(81-102-89(94)75-70-65-60-57-52-53-58-63-68-73-84(4)5)108-90(95)76-71-66-61-55-50-46-29-26-23-20-17-14-11-8-3/h84-87,92H,6-83H2,1-5H3,(H,97,98)(H,99,100)/t85-,86-,87-/m1/s1. The summed E-state index contributed by atoms with van der Waals surface area (Å²) in [5, 5.41) is 10.7. The van der Waals surface area contributed by atoms with E-state index in [2.05, 4.69) is 34.6 Å². The minimum atomic E-state index is -4.97. The molecule has 0 fully saturated rings. The number of rotatable bonds is 91. The molecule has 0 radical (unpaired) electrons. The van der Waals surface area contributed by atoms with E-state index in [0.29, 0.717) is 25.7 Å². The number of carbonyl (C=O) groups is 4. The Kier molecular flexibility index (Phi) is 82.1. The number of phosphoric ester groups is 2. The highest BCUT2D eigenvalue weighted by molar-refractivity contribution is 7.47. The first-order chi connectivity index (χ1) is 53.5. The van der Waals surface area contributed by atoms with Gasteiger partial charge in [0.1, 0.15) is 19.3 Å². The Morgan fingerprint density at radius 2 is 0.418 bits per heavy atom. The molecule has 0 aliphatic heterocycles. The molecular formula is C91H178O17P2. The predicted octanol–water partition coefficient (Wildman–Crippen LogP) is 28.3. The van der Waals surface area contributed by atoms with Crippen molar-refractivity contribution in [3.63, 3.8) is 0 Å². The molecule has 0 aliphatic rings. The minimum absolute atomic E-state index is 0.108. The lowest BCUT2D eigenvalue weighted by atomic mass is 10.0. The van der Waals surface area contributed by atoms with Crippen molar-refractivity contribution in [1.82, 2.24) is 0 Å². The lowest BCUT2D eigenvalue weighted by Crippen LogP contribution is -2.30. The summed E-state index contributed by atoms with van der Waals surface area (Å²) in [7, 11) is -9.93. The third kappa shape index (κ3) is 84.0. The van der Waals surface area contributed by atoms with Crippen molar-refractivity contribution in [1.29, 1.82) is 0 Å². The molecule has 0 aliphatic carbocycles. The van der Waals surface area contributed by atoms with Crippen LogP contribution in [0.25, 0.3) is 0 Å². The molecule has 0 rings (SSSR count). The Morgan fingerprint density at radius 1 is 0.245 bits per heavy atom. The van der Waals surface area contributed by atoms with Gasteiger partial charge in [-0.1, -0.05) is 446 Å². The Hall–Kier alpha value is -1.94. The molecule has 0 aromatic carbocycles. The van der Waals surface area contributed by atoms with Crippen molar-refractivity contribution >= 4 is 39.5 Å². The molecule has 0 spiro atoms. The van der Waals surface area contributed by atoms with E-state index in [-0.39, 0.29) is 25.7 Å². The minimum Gasteiger partial charge on any atom is -0.462 e. The number of aliphatic hydroxyl groups excluding tert-OH is 1. The van der Waals surface area contributed by atoms with Crippen LogP contribution in [0.2, 0.25) is 0 Å². The van der Waals surface area contributed by atoms with Crippen LogP contribution in [-0.2, 0) is 65.4 Å². The summed E-state index contributed by atoms with van der Waals surface area (Å²) >= 11 is 0. The predicted molar refractivity (Wildman–Crippen MR) is 455 cm³/mol. The van der Waals surface area contributed by atoms with Gasteiger partial charge in [-0.25, -0.2) is 9.13 Å². The maximum Gasteiger partial charge on any atom is 0.472 e. The first-order valence-corrected chi connectivity index (χ1v) is 50.1. The largest absolute Gasteiger partial charge is 0.472 e. The molecule has 5 atom stereocenters. The third-order valence-electron chi connectivity index (χ3n) is 21.5. The molecule has 0 amide bonds. The molecule has 0 saturated heterocycles. The molecular weight excluding hydrogens is 1430 g/mol. The van der Waals surface area contributed by atoms with Crippen molar-refractivity contribution < 1.29 is 80.2 Å². The number of hydrogen-bond donors (Lipinski definition) is 3. The highest BCUT2D eigenvalue weighted by atomic mass is 31.2. The van der Waals surface area contributed by atoms with Crippen LogP contribution in [0, 0.1) is 5.92 Å². The van der Waals surface area contributed by atoms with Crippen LogP contribution in [0.3, 0.4) is 0 Å². The van der Waals surface area contributed by atoms with Gasteiger partial charge >= 0.3 is 39.5 Å². The Labute approximate surface area is 677 Å². The highest BCUT2D eigenvalue weighted by Crippen LogP contribution is 2.45. The summed E-state index contributed by atoms with van der Waals surface area (Å²) in [6.07, 6.45) is 79.4. The second-order valence-electron chi connectivity index (χ2n) is 33.2. The first kappa shape index (κ1) is 108. The number of aliphatic hydroxyl groups is 1. The molecule has 3 N–H and O–H groups in total. The number of unbranched alkanes of at least 4 members (excludes halogenated alkanes) is 63. The molecule has 654 valence electrons. The lowest BCUT2D eigenvalue weighted by Gasteiger charge is -2.21. The first-order valence-electron chi connectivity index (χ1n) is 47.1. The van der Waals surface area contributed by atoms with E-state index >= 15 is 0 Å². The van der Waals surface area contributed by atoms with E-state index in [1.807, 2.05) is 0 Å². The fourth-order valence-electron chi connectivity index (χ4n) is 14.4. The molecule has 0 heterocycles. The van der Waals surface area contributed by atoms with Crippen LogP contribution in [0.5, 0.6) is 0 Å². The van der Waals surface area contributed by atoms with Gasteiger partial charge in [-0.15, -0.1) is 0 Å². The molecule has 0 saturated carbocycles. The summed E-state index contributed by atoms with van der Waals surface area (Å²) in [5.41, 5.74) is 0. The summed E-state index contributed by atoms with van der Waals surface area (Å²) < 4.78 is 69.0. The Bertz CT molecular complexity index is 2080. The zero-order valence-corrected chi connectivity index (χ0v) is 74.2. The number of hydrogen-bond acceptors (Lipinski definition) is 15. The molecule has 110 heavy (non-hydrogen) atoms. The summed E-state index contributed by atoms with van der Waals surface area (Å²) in [6.45, 7) is 7.37. The average molecular weight is 1610 g/mol. The van der Waals surface area contributed by atoms with Gasteiger partial charge in [0.15, 0.2) is 12.2 Å². The molecule has 19 heteroatoms. The monoisotopic (exact) mass is 1610 g/mol. The Balaban J connectivity index is 5.22. The fourth-order valence-corrected chi connectivity index (χ4v) is 15.9.